The maximum Gasteiger partial charge on any atom is 0.321 e. The second kappa shape index (κ2) is 6.93. The van der Waals surface area contributed by atoms with Crippen LogP contribution in [-0.4, -0.2) is 30.4 Å². The highest BCUT2D eigenvalue weighted by atomic mass is 35.5. The van der Waals surface area contributed by atoms with E-state index in [9.17, 15) is 14.4 Å². The lowest BCUT2D eigenvalue weighted by atomic mass is 9.70. The second-order valence-electron chi connectivity index (χ2n) is 6.44. The fourth-order valence-corrected chi connectivity index (χ4v) is 3.58. The largest absolute Gasteiger partial charge is 0.468 e. The number of rotatable bonds is 5. The summed E-state index contributed by atoms with van der Waals surface area (Å²) in [6.07, 6.45) is 0.472. The molecule has 1 aliphatic rings. The van der Waals surface area contributed by atoms with Gasteiger partial charge in [0, 0.05) is 22.4 Å². The topological polar surface area (TPSA) is 69.7 Å². The van der Waals surface area contributed by atoms with Gasteiger partial charge in [0.05, 0.1) is 7.11 Å². The zero-order valence-electron chi connectivity index (χ0n) is 14.2. The van der Waals surface area contributed by atoms with E-state index in [1.54, 1.807) is 38.1 Å². The van der Waals surface area contributed by atoms with E-state index in [0.717, 1.165) is 0 Å². The summed E-state index contributed by atoms with van der Waals surface area (Å²) in [6.45, 7) is 5.29. The molecule has 0 spiro atoms. The highest BCUT2D eigenvalue weighted by molar-refractivity contribution is 6.30. The number of Topliss-reactive ketones (excluding diaryl/α,β-unsaturated/α-hetero) is 1. The summed E-state index contributed by atoms with van der Waals surface area (Å²) in [6, 6.07) is 6.57. The molecule has 0 unspecified atom stereocenters. The Morgan fingerprint density at radius 2 is 1.88 bits per heavy atom. The summed E-state index contributed by atoms with van der Waals surface area (Å²) in [7, 11) is 1.22. The number of ether oxygens (including phenoxy) is 2. The summed E-state index contributed by atoms with van der Waals surface area (Å²) in [5.41, 5.74) is -0.441. The smallest absolute Gasteiger partial charge is 0.321 e. The molecule has 5 nitrogen and oxygen atoms in total. The predicted molar refractivity (Wildman–Crippen MR) is 88.7 cm³/mol. The van der Waals surface area contributed by atoms with Gasteiger partial charge < -0.3 is 9.47 Å². The first-order chi connectivity index (χ1) is 11.2. The molecule has 24 heavy (non-hydrogen) atoms. The standard InChI is InChI=1S/C18H21ClO5/c1-5-12(15(20)10-6-8-11(19)9-7-10)14-13(16(21)23-4)17(22)24-18(14,2)3/h6-9,12-14H,5H2,1-4H3/t12-,13-,14-/m0/s1. The van der Waals surface area contributed by atoms with Gasteiger partial charge in [-0.25, -0.2) is 0 Å². The lowest BCUT2D eigenvalue weighted by molar-refractivity contribution is -0.156. The molecule has 1 aliphatic heterocycles. The molecule has 0 bridgehead atoms. The average Bonchev–Trinajstić information content (AvgIpc) is 2.77. The lowest BCUT2D eigenvalue weighted by Gasteiger charge is -2.32. The molecule has 3 atom stereocenters. The van der Waals surface area contributed by atoms with Crippen molar-refractivity contribution >= 4 is 29.3 Å². The predicted octanol–water partition coefficient (Wildman–Crippen LogP) is 3.29. The number of benzene rings is 1. The van der Waals surface area contributed by atoms with E-state index in [0.29, 0.717) is 17.0 Å². The van der Waals surface area contributed by atoms with Crippen LogP contribution in [0, 0.1) is 17.8 Å². The van der Waals surface area contributed by atoms with Crippen LogP contribution in [0.3, 0.4) is 0 Å². The van der Waals surface area contributed by atoms with Gasteiger partial charge in [-0.3, -0.25) is 14.4 Å². The number of ketones is 1. The molecule has 1 aromatic carbocycles. The molecule has 6 heteroatoms. The van der Waals surface area contributed by atoms with Gasteiger partial charge in [-0.05, 0) is 44.5 Å². The molecular formula is C18H21ClO5. The maximum atomic E-state index is 13.0. The first-order valence-electron chi connectivity index (χ1n) is 7.83. The SMILES string of the molecule is CC[C@H](C(=O)c1ccc(Cl)cc1)[C@H]1[C@@H](C(=O)OC)C(=O)OC1(C)C. The molecular weight excluding hydrogens is 332 g/mol. The number of cyclic esters (lactones) is 1. The number of carbonyl (C=O) groups excluding carboxylic acids is 3. The fraction of sp³-hybridized carbons (Fsp3) is 0.500. The van der Waals surface area contributed by atoms with Crippen molar-refractivity contribution in [2.45, 2.75) is 32.8 Å². The number of esters is 2. The highest BCUT2D eigenvalue weighted by Gasteiger charge is 2.57. The van der Waals surface area contributed by atoms with E-state index >= 15 is 0 Å². The van der Waals surface area contributed by atoms with E-state index in [1.165, 1.54) is 7.11 Å². The van der Waals surface area contributed by atoms with Crippen LogP contribution in [0.4, 0.5) is 0 Å². The minimum atomic E-state index is -1.09. The normalized spacial score (nSPS) is 23.5. The van der Waals surface area contributed by atoms with Gasteiger partial charge in [0.1, 0.15) is 5.60 Å². The molecule has 1 fully saturated rings. The Morgan fingerprint density at radius 3 is 2.38 bits per heavy atom. The van der Waals surface area contributed by atoms with Gasteiger partial charge in [0.2, 0.25) is 0 Å². The van der Waals surface area contributed by atoms with Crippen LogP contribution in [0.1, 0.15) is 37.6 Å². The molecule has 0 radical (unpaired) electrons. The molecule has 0 aliphatic carbocycles. The summed E-state index contributed by atoms with van der Waals surface area (Å²) in [5, 5.41) is 0.534. The molecule has 0 saturated carbocycles. The fourth-order valence-electron chi connectivity index (χ4n) is 3.46. The van der Waals surface area contributed by atoms with Crippen molar-refractivity contribution in [3.63, 3.8) is 0 Å². The molecule has 1 aromatic rings. The third-order valence-corrected chi connectivity index (χ3v) is 4.83. The molecule has 1 saturated heterocycles. The number of hydrogen-bond acceptors (Lipinski definition) is 5. The second-order valence-corrected chi connectivity index (χ2v) is 6.87. The van der Waals surface area contributed by atoms with Crippen LogP contribution in [0.25, 0.3) is 0 Å². The van der Waals surface area contributed by atoms with E-state index in [1.807, 2.05) is 6.92 Å². The van der Waals surface area contributed by atoms with Gasteiger partial charge in [0.15, 0.2) is 11.7 Å². The molecule has 1 heterocycles. The number of hydrogen-bond donors (Lipinski definition) is 0. The lowest BCUT2D eigenvalue weighted by Crippen LogP contribution is -2.42. The van der Waals surface area contributed by atoms with Crippen LogP contribution in [0.2, 0.25) is 5.02 Å². The monoisotopic (exact) mass is 352 g/mol. The highest BCUT2D eigenvalue weighted by Crippen LogP contribution is 2.44. The molecule has 2 rings (SSSR count). The van der Waals surface area contributed by atoms with E-state index in [2.05, 4.69) is 0 Å². The third-order valence-electron chi connectivity index (χ3n) is 4.57. The van der Waals surface area contributed by atoms with Crippen molar-refractivity contribution in [2.75, 3.05) is 7.11 Å². The molecule has 0 N–H and O–H groups in total. The minimum Gasteiger partial charge on any atom is -0.468 e. The third kappa shape index (κ3) is 3.31. The average molecular weight is 353 g/mol. The summed E-state index contributed by atoms with van der Waals surface area (Å²) in [5.74, 6) is -3.68. The van der Waals surface area contributed by atoms with Gasteiger partial charge in [-0.2, -0.15) is 0 Å². The Labute approximate surface area is 146 Å². The van der Waals surface area contributed by atoms with Gasteiger partial charge >= 0.3 is 11.9 Å². The number of carbonyl (C=O) groups is 3. The summed E-state index contributed by atoms with van der Waals surface area (Å²) >= 11 is 5.87. The summed E-state index contributed by atoms with van der Waals surface area (Å²) < 4.78 is 10.1. The van der Waals surface area contributed by atoms with Gasteiger partial charge in [-0.1, -0.05) is 18.5 Å². The Kier molecular flexibility index (Phi) is 5.33. The van der Waals surface area contributed by atoms with Crippen molar-refractivity contribution < 1.29 is 23.9 Å². The van der Waals surface area contributed by atoms with Crippen LogP contribution < -0.4 is 0 Å². The first kappa shape index (κ1) is 18.5. The van der Waals surface area contributed by atoms with Crippen molar-refractivity contribution in [2.24, 2.45) is 17.8 Å². The van der Waals surface area contributed by atoms with Crippen LogP contribution in [0.5, 0.6) is 0 Å². The van der Waals surface area contributed by atoms with Gasteiger partial charge in [-0.15, -0.1) is 0 Å². The Morgan fingerprint density at radius 1 is 1.29 bits per heavy atom. The maximum absolute atomic E-state index is 13.0. The molecule has 0 amide bonds. The number of methoxy groups -OCH3 is 1. The van der Waals surface area contributed by atoms with Crippen molar-refractivity contribution in [3.8, 4) is 0 Å². The zero-order valence-corrected chi connectivity index (χ0v) is 14.9. The van der Waals surface area contributed by atoms with E-state index in [-0.39, 0.29) is 5.78 Å². The van der Waals surface area contributed by atoms with E-state index < -0.39 is 35.3 Å². The van der Waals surface area contributed by atoms with Crippen LogP contribution in [-0.2, 0) is 19.1 Å². The van der Waals surface area contributed by atoms with Crippen molar-refractivity contribution in [1.29, 1.82) is 0 Å². The first-order valence-corrected chi connectivity index (χ1v) is 8.21. The van der Waals surface area contributed by atoms with Crippen LogP contribution in [0.15, 0.2) is 24.3 Å². The van der Waals surface area contributed by atoms with Crippen LogP contribution >= 0.6 is 11.6 Å². The van der Waals surface area contributed by atoms with Gasteiger partial charge in [0.25, 0.3) is 0 Å². The molecule has 130 valence electrons. The Balaban J connectivity index is 2.42. The van der Waals surface area contributed by atoms with E-state index in [4.69, 9.17) is 21.1 Å². The van der Waals surface area contributed by atoms with Crippen molar-refractivity contribution in [3.05, 3.63) is 34.9 Å². The Bertz CT molecular complexity index is 650. The number of halogens is 1. The summed E-state index contributed by atoms with van der Waals surface area (Å²) in [4.78, 5) is 37.2. The Hall–Kier alpha value is -1.88. The molecule has 0 aromatic heterocycles. The van der Waals surface area contributed by atoms with Crippen molar-refractivity contribution in [1.82, 2.24) is 0 Å². The zero-order chi connectivity index (χ0) is 18.1. The quantitative estimate of drug-likeness (QED) is 0.462. The minimum absolute atomic E-state index is 0.139.